The summed E-state index contributed by atoms with van der Waals surface area (Å²) in [6, 6.07) is 23.1. The van der Waals surface area contributed by atoms with Gasteiger partial charge in [0.15, 0.2) is 5.78 Å². The van der Waals surface area contributed by atoms with Gasteiger partial charge in [0.05, 0.1) is 12.6 Å². The van der Waals surface area contributed by atoms with Gasteiger partial charge in [-0.05, 0) is 48.1 Å². The molecule has 3 aromatic rings. The number of urea groups is 1. The zero-order chi connectivity index (χ0) is 29.6. The molecule has 0 saturated heterocycles. The molecule has 5 N–H and O–H groups in total. The first-order chi connectivity index (χ1) is 19.8. The molecule has 0 aliphatic rings. The van der Waals surface area contributed by atoms with Crippen LogP contribution in [0.15, 0.2) is 84.9 Å². The van der Waals surface area contributed by atoms with Crippen molar-refractivity contribution in [2.75, 3.05) is 11.9 Å². The Bertz CT molecular complexity index is 1300. The lowest BCUT2D eigenvalue weighted by Crippen LogP contribution is -2.54. The predicted molar refractivity (Wildman–Crippen MR) is 158 cm³/mol. The number of ketones is 1. The summed E-state index contributed by atoms with van der Waals surface area (Å²) in [7, 11) is 0. The lowest BCUT2D eigenvalue weighted by Gasteiger charge is -2.26. The normalized spacial score (nSPS) is 12.9. The highest BCUT2D eigenvalue weighted by atomic mass is 16.5. The Morgan fingerprint density at radius 3 is 2.15 bits per heavy atom. The Kier molecular flexibility index (Phi) is 12.1. The Labute approximate surface area is 240 Å². The molecule has 4 amide bonds. The number of rotatable bonds is 15. The summed E-state index contributed by atoms with van der Waals surface area (Å²) in [4.78, 5) is 51.1. The quantitative estimate of drug-likeness (QED) is 0.221. The Hall–Kier alpha value is -4.50. The first-order valence-corrected chi connectivity index (χ1v) is 13.7. The van der Waals surface area contributed by atoms with E-state index in [4.69, 9.17) is 10.5 Å². The minimum absolute atomic E-state index is 0.158. The number of hydrogen-bond acceptors (Lipinski definition) is 5. The van der Waals surface area contributed by atoms with Gasteiger partial charge in [-0.2, -0.15) is 0 Å². The van der Waals surface area contributed by atoms with Crippen molar-refractivity contribution in [3.05, 3.63) is 102 Å². The van der Waals surface area contributed by atoms with Crippen molar-refractivity contribution in [3.63, 3.8) is 0 Å². The number of Topliss-reactive ketones (excluding diaryl/α,β-unsaturated/α-hetero) is 1. The number of amides is 4. The number of ether oxygens (including phenoxy) is 1. The number of anilines is 1. The molecule has 3 rings (SSSR count). The number of benzene rings is 3. The molecule has 9 nitrogen and oxygen atoms in total. The monoisotopic (exact) mass is 558 g/mol. The summed E-state index contributed by atoms with van der Waals surface area (Å²) in [6.45, 7) is 3.90. The third kappa shape index (κ3) is 10.2. The van der Waals surface area contributed by atoms with E-state index >= 15 is 0 Å². The Balaban J connectivity index is 1.71. The van der Waals surface area contributed by atoms with Gasteiger partial charge in [-0.3, -0.25) is 14.4 Å². The molecular formula is C32H38N4O5. The molecule has 216 valence electrons. The maximum Gasteiger partial charge on any atom is 0.316 e. The summed E-state index contributed by atoms with van der Waals surface area (Å²) in [5.41, 5.74) is 7.78. The van der Waals surface area contributed by atoms with Gasteiger partial charge in [0.25, 0.3) is 5.91 Å². The molecule has 0 bridgehead atoms. The third-order valence-corrected chi connectivity index (χ3v) is 6.80. The zero-order valence-corrected chi connectivity index (χ0v) is 23.5. The molecule has 41 heavy (non-hydrogen) atoms. The standard InChI is InChI=1S/C32H38N4O5/c1-3-22(2)29(36-30(38)25-15-10-16-26(19-25)34-32(33)40)31(39)35-27(18-17-23-11-6-4-7-12-23)28(37)21-41-20-24-13-8-5-9-14-24/h4-16,19,22,27,29H,3,17-18,20-21H2,1-2H3,(H,35,39)(H,36,38)(H3,33,34,40)/t22-,27+,29+/m1/s1. The molecule has 0 aliphatic carbocycles. The van der Waals surface area contributed by atoms with Crippen molar-refractivity contribution in [2.45, 2.75) is 51.8 Å². The van der Waals surface area contributed by atoms with Crippen LogP contribution in [0.3, 0.4) is 0 Å². The van der Waals surface area contributed by atoms with E-state index in [1.165, 1.54) is 6.07 Å². The fourth-order valence-electron chi connectivity index (χ4n) is 4.28. The second-order valence-corrected chi connectivity index (χ2v) is 9.94. The summed E-state index contributed by atoms with van der Waals surface area (Å²) in [6.07, 6.45) is 1.58. The molecule has 0 unspecified atom stereocenters. The lowest BCUT2D eigenvalue weighted by atomic mass is 9.96. The van der Waals surface area contributed by atoms with Crippen molar-refractivity contribution < 1.29 is 23.9 Å². The molecule has 0 spiro atoms. The maximum atomic E-state index is 13.6. The smallest absolute Gasteiger partial charge is 0.316 e. The van der Waals surface area contributed by atoms with Crippen LogP contribution < -0.4 is 21.7 Å². The topological polar surface area (TPSA) is 140 Å². The van der Waals surface area contributed by atoms with Crippen molar-refractivity contribution in [1.82, 2.24) is 10.6 Å². The SMILES string of the molecule is CC[C@@H](C)[C@H](NC(=O)c1cccc(NC(N)=O)c1)C(=O)N[C@@H](CCc1ccccc1)C(=O)COCc1ccccc1. The van der Waals surface area contributed by atoms with Gasteiger partial charge in [0, 0.05) is 11.3 Å². The fourth-order valence-corrected chi connectivity index (χ4v) is 4.28. The number of primary amides is 1. The largest absolute Gasteiger partial charge is 0.369 e. The second kappa shape index (κ2) is 15.9. The number of aryl methyl sites for hydroxylation is 1. The number of carbonyl (C=O) groups is 4. The molecule has 0 fully saturated rings. The number of hydrogen-bond donors (Lipinski definition) is 4. The number of nitrogens with one attached hydrogen (secondary N) is 3. The molecular weight excluding hydrogens is 520 g/mol. The molecule has 0 heterocycles. The van der Waals surface area contributed by atoms with E-state index in [0.717, 1.165) is 11.1 Å². The molecule has 3 atom stereocenters. The van der Waals surface area contributed by atoms with Crippen LogP contribution in [0.25, 0.3) is 0 Å². The first kappa shape index (κ1) is 31.0. The number of nitrogens with two attached hydrogens (primary N) is 1. The Morgan fingerprint density at radius 2 is 1.51 bits per heavy atom. The van der Waals surface area contributed by atoms with Crippen molar-refractivity contribution in [2.24, 2.45) is 11.7 Å². The van der Waals surface area contributed by atoms with Gasteiger partial charge in [-0.25, -0.2) is 4.79 Å². The second-order valence-electron chi connectivity index (χ2n) is 9.94. The highest BCUT2D eigenvalue weighted by Crippen LogP contribution is 2.14. The molecule has 9 heteroatoms. The molecule has 0 saturated carbocycles. The van der Waals surface area contributed by atoms with Crippen LogP contribution in [-0.2, 0) is 27.4 Å². The predicted octanol–water partition coefficient (Wildman–Crippen LogP) is 4.23. The third-order valence-electron chi connectivity index (χ3n) is 6.80. The molecule has 3 aromatic carbocycles. The zero-order valence-electron chi connectivity index (χ0n) is 23.5. The highest BCUT2D eigenvalue weighted by molar-refractivity contribution is 6.00. The van der Waals surface area contributed by atoms with E-state index in [9.17, 15) is 19.2 Å². The molecule has 0 aromatic heterocycles. The van der Waals surface area contributed by atoms with E-state index in [1.54, 1.807) is 18.2 Å². The minimum atomic E-state index is -0.891. The van der Waals surface area contributed by atoms with Crippen LogP contribution in [0, 0.1) is 5.92 Å². The summed E-state index contributed by atoms with van der Waals surface area (Å²) in [5, 5.41) is 8.13. The van der Waals surface area contributed by atoms with E-state index < -0.39 is 29.9 Å². The summed E-state index contributed by atoms with van der Waals surface area (Å²) in [5.74, 6) is -1.40. The van der Waals surface area contributed by atoms with Crippen LogP contribution in [0.1, 0.15) is 48.2 Å². The summed E-state index contributed by atoms with van der Waals surface area (Å²) < 4.78 is 5.68. The van der Waals surface area contributed by atoms with Crippen LogP contribution in [0.2, 0.25) is 0 Å². The fraction of sp³-hybridized carbons (Fsp3) is 0.312. The van der Waals surface area contributed by atoms with Crippen molar-refractivity contribution in [3.8, 4) is 0 Å². The minimum Gasteiger partial charge on any atom is -0.369 e. The van der Waals surface area contributed by atoms with Crippen LogP contribution in [0.4, 0.5) is 10.5 Å². The van der Waals surface area contributed by atoms with Crippen LogP contribution in [-0.4, -0.2) is 42.3 Å². The van der Waals surface area contributed by atoms with E-state index in [2.05, 4.69) is 16.0 Å². The highest BCUT2D eigenvalue weighted by Gasteiger charge is 2.30. The van der Waals surface area contributed by atoms with E-state index in [-0.39, 0.29) is 30.5 Å². The average Bonchev–Trinajstić information content (AvgIpc) is 2.98. The van der Waals surface area contributed by atoms with Gasteiger partial charge in [-0.1, -0.05) is 87.0 Å². The maximum absolute atomic E-state index is 13.6. The van der Waals surface area contributed by atoms with Gasteiger partial charge < -0.3 is 26.4 Å². The van der Waals surface area contributed by atoms with E-state index in [1.807, 2.05) is 74.5 Å². The number of carbonyl (C=O) groups excluding carboxylic acids is 4. The van der Waals surface area contributed by atoms with Crippen LogP contribution >= 0.6 is 0 Å². The molecule has 0 radical (unpaired) electrons. The van der Waals surface area contributed by atoms with Gasteiger partial charge >= 0.3 is 6.03 Å². The van der Waals surface area contributed by atoms with E-state index in [0.29, 0.717) is 24.9 Å². The first-order valence-electron chi connectivity index (χ1n) is 13.7. The Morgan fingerprint density at radius 1 is 0.854 bits per heavy atom. The average molecular weight is 559 g/mol. The van der Waals surface area contributed by atoms with Crippen molar-refractivity contribution in [1.29, 1.82) is 0 Å². The summed E-state index contributed by atoms with van der Waals surface area (Å²) >= 11 is 0. The lowest BCUT2D eigenvalue weighted by molar-refractivity contribution is -0.132. The molecule has 0 aliphatic heterocycles. The van der Waals surface area contributed by atoms with Crippen molar-refractivity contribution >= 4 is 29.3 Å². The van der Waals surface area contributed by atoms with Gasteiger partial charge in [0.2, 0.25) is 5.91 Å². The van der Waals surface area contributed by atoms with Gasteiger partial charge in [0.1, 0.15) is 12.6 Å². The van der Waals surface area contributed by atoms with Gasteiger partial charge in [-0.15, -0.1) is 0 Å². The van der Waals surface area contributed by atoms with Crippen LogP contribution in [0.5, 0.6) is 0 Å².